The molecule has 2 N–H and O–H groups in total. The van der Waals surface area contributed by atoms with Crippen LogP contribution < -0.4 is 20.1 Å². The van der Waals surface area contributed by atoms with Crippen LogP contribution in [0.4, 0.5) is 0 Å². The molecule has 1 aromatic carbocycles. The van der Waals surface area contributed by atoms with Gasteiger partial charge in [0.15, 0.2) is 17.5 Å². The molecule has 0 amide bonds. The van der Waals surface area contributed by atoms with E-state index in [1.54, 1.807) is 7.11 Å². The lowest BCUT2D eigenvalue weighted by Gasteiger charge is -2.19. The molecule has 0 radical (unpaired) electrons. The van der Waals surface area contributed by atoms with Gasteiger partial charge in [-0.2, -0.15) is 11.8 Å². The maximum atomic E-state index is 6.20. The fraction of sp³-hybridized carbons (Fsp3) is 0.667. The van der Waals surface area contributed by atoms with Gasteiger partial charge in [-0.3, -0.25) is 4.99 Å². The molecule has 2 saturated carbocycles. The van der Waals surface area contributed by atoms with E-state index < -0.39 is 0 Å². The Balaban J connectivity index is 1.56. The highest BCUT2D eigenvalue weighted by Gasteiger charge is 2.24. The molecule has 2 unspecified atom stereocenters. The van der Waals surface area contributed by atoms with Crippen molar-refractivity contribution in [3.05, 3.63) is 23.8 Å². The van der Waals surface area contributed by atoms with Crippen LogP contribution in [0, 0.1) is 0 Å². The number of ether oxygens (including phenoxy) is 2. The van der Waals surface area contributed by atoms with E-state index in [1.807, 2.05) is 24.9 Å². The van der Waals surface area contributed by atoms with Crippen molar-refractivity contribution in [3.8, 4) is 11.5 Å². The van der Waals surface area contributed by atoms with Gasteiger partial charge in [-0.15, -0.1) is 0 Å². The second kappa shape index (κ2) is 10.1. The predicted molar refractivity (Wildman–Crippen MR) is 114 cm³/mol. The molecule has 0 heterocycles. The highest BCUT2D eigenvalue weighted by molar-refractivity contribution is 7.99. The molecule has 0 bridgehead atoms. The first-order valence-electron chi connectivity index (χ1n) is 10.1. The maximum Gasteiger partial charge on any atom is 0.191 e. The van der Waals surface area contributed by atoms with Crippen LogP contribution in [-0.4, -0.2) is 43.8 Å². The van der Waals surface area contributed by atoms with Crippen LogP contribution in [-0.2, 0) is 6.54 Å². The van der Waals surface area contributed by atoms with E-state index >= 15 is 0 Å². The van der Waals surface area contributed by atoms with Gasteiger partial charge in [-0.1, -0.05) is 6.07 Å². The Morgan fingerprint density at radius 1 is 1.19 bits per heavy atom. The number of hydrogen-bond acceptors (Lipinski definition) is 4. The third-order valence-corrected chi connectivity index (χ3v) is 6.66. The highest BCUT2D eigenvalue weighted by Crippen LogP contribution is 2.32. The van der Waals surface area contributed by atoms with Crippen LogP contribution in [0.15, 0.2) is 23.2 Å². The lowest BCUT2D eigenvalue weighted by molar-refractivity contribution is 0.200. The first kappa shape index (κ1) is 20.2. The van der Waals surface area contributed by atoms with Crippen molar-refractivity contribution in [2.45, 2.75) is 68.9 Å². The minimum absolute atomic E-state index is 0.322. The standard InChI is InChI=1S/C21H33N3O2S/c1-22-21(24-16-9-10-18(13-16)27-3)23-14-15-8-11-19(25-2)20(12-15)26-17-6-4-5-7-17/h8,11-12,16-18H,4-7,9-10,13-14H2,1-3H3,(H2,22,23,24). The Labute approximate surface area is 167 Å². The zero-order valence-corrected chi connectivity index (χ0v) is 17.6. The van der Waals surface area contributed by atoms with E-state index in [1.165, 1.54) is 37.7 Å². The Bertz CT molecular complexity index is 632. The lowest BCUT2D eigenvalue weighted by atomic mass is 10.2. The summed E-state index contributed by atoms with van der Waals surface area (Å²) >= 11 is 1.97. The summed E-state index contributed by atoms with van der Waals surface area (Å²) in [5, 5.41) is 7.78. The van der Waals surface area contributed by atoms with Gasteiger partial charge in [0.2, 0.25) is 0 Å². The molecule has 2 aliphatic rings. The number of methoxy groups -OCH3 is 1. The van der Waals surface area contributed by atoms with E-state index in [4.69, 9.17) is 9.47 Å². The van der Waals surface area contributed by atoms with E-state index in [0.717, 1.165) is 35.6 Å². The Morgan fingerprint density at radius 3 is 2.67 bits per heavy atom. The molecule has 1 aromatic rings. The Kier molecular flexibility index (Phi) is 7.56. The topological polar surface area (TPSA) is 54.9 Å². The summed E-state index contributed by atoms with van der Waals surface area (Å²) in [7, 11) is 3.53. The molecule has 5 nitrogen and oxygen atoms in total. The molecule has 2 aliphatic carbocycles. The normalized spacial score (nSPS) is 23.4. The maximum absolute atomic E-state index is 6.20. The third-order valence-electron chi connectivity index (χ3n) is 5.57. The molecule has 3 rings (SSSR count). The molecule has 2 atom stereocenters. The van der Waals surface area contributed by atoms with Crippen molar-refractivity contribution < 1.29 is 9.47 Å². The molecule has 0 saturated heterocycles. The quantitative estimate of drug-likeness (QED) is 0.544. The first-order chi connectivity index (χ1) is 13.2. The Hall–Kier alpha value is -1.56. The average molecular weight is 392 g/mol. The van der Waals surface area contributed by atoms with Crippen LogP contribution in [0.3, 0.4) is 0 Å². The van der Waals surface area contributed by atoms with Gasteiger partial charge in [0.1, 0.15) is 0 Å². The van der Waals surface area contributed by atoms with Crippen molar-refractivity contribution >= 4 is 17.7 Å². The molecule has 6 heteroatoms. The fourth-order valence-corrected chi connectivity index (χ4v) is 4.76. The van der Waals surface area contributed by atoms with Crippen molar-refractivity contribution in [1.82, 2.24) is 10.6 Å². The molecule has 0 aromatic heterocycles. The molecular weight excluding hydrogens is 358 g/mol. The van der Waals surface area contributed by atoms with E-state index in [-0.39, 0.29) is 0 Å². The van der Waals surface area contributed by atoms with Gasteiger partial charge in [0.05, 0.1) is 13.2 Å². The SMILES string of the molecule is CN=C(NCc1ccc(OC)c(OC2CCCC2)c1)NC1CCC(SC)C1. The summed E-state index contributed by atoms with van der Waals surface area (Å²) in [6.07, 6.45) is 11.0. The molecule has 2 fully saturated rings. The van der Waals surface area contributed by atoms with Crippen molar-refractivity contribution in [1.29, 1.82) is 0 Å². The van der Waals surface area contributed by atoms with Gasteiger partial charge in [0.25, 0.3) is 0 Å². The number of thioether (sulfide) groups is 1. The zero-order chi connectivity index (χ0) is 19.1. The van der Waals surface area contributed by atoms with Crippen LogP contribution in [0.1, 0.15) is 50.5 Å². The van der Waals surface area contributed by atoms with Crippen LogP contribution in [0.2, 0.25) is 0 Å². The predicted octanol–water partition coefficient (Wildman–Crippen LogP) is 3.97. The summed E-state index contributed by atoms with van der Waals surface area (Å²) in [6.45, 7) is 0.712. The number of aliphatic imine (C=N–C) groups is 1. The third kappa shape index (κ3) is 5.71. The van der Waals surface area contributed by atoms with E-state index in [2.05, 4.69) is 34.0 Å². The summed E-state index contributed by atoms with van der Waals surface area (Å²) < 4.78 is 11.7. The second-order valence-corrected chi connectivity index (χ2v) is 8.59. The van der Waals surface area contributed by atoms with Crippen molar-refractivity contribution in [3.63, 3.8) is 0 Å². The summed E-state index contributed by atoms with van der Waals surface area (Å²) in [6, 6.07) is 6.69. The van der Waals surface area contributed by atoms with Gasteiger partial charge >= 0.3 is 0 Å². The number of nitrogens with zero attached hydrogens (tertiary/aromatic N) is 1. The Morgan fingerprint density at radius 2 is 2.00 bits per heavy atom. The zero-order valence-electron chi connectivity index (χ0n) is 16.8. The molecule has 27 heavy (non-hydrogen) atoms. The minimum Gasteiger partial charge on any atom is -0.493 e. The van der Waals surface area contributed by atoms with Crippen LogP contribution in [0.25, 0.3) is 0 Å². The molecule has 0 spiro atoms. The second-order valence-electron chi connectivity index (χ2n) is 7.45. The number of guanidine groups is 1. The molecule has 150 valence electrons. The van der Waals surface area contributed by atoms with Gasteiger partial charge in [-0.25, -0.2) is 0 Å². The van der Waals surface area contributed by atoms with Crippen molar-refractivity contribution in [2.75, 3.05) is 20.4 Å². The molecule has 0 aliphatic heterocycles. The van der Waals surface area contributed by atoms with E-state index in [0.29, 0.717) is 18.7 Å². The summed E-state index contributed by atoms with van der Waals surface area (Å²) in [4.78, 5) is 4.39. The van der Waals surface area contributed by atoms with Crippen molar-refractivity contribution in [2.24, 2.45) is 4.99 Å². The lowest BCUT2D eigenvalue weighted by Crippen LogP contribution is -2.42. The van der Waals surface area contributed by atoms with Crippen LogP contribution in [0.5, 0.6) is 11.5 Å². The first-order valence-corrected chi connectivity index (χ1v) is 11.3. The van der Waals surface area contributed by atoms with Gasteiger partial charge in [-0.05, 0) is 68.9 Å². The monoisotopic (exact) mass is 391 g/mol. The van der Waals surface area contributed by atoms with Gasteiger partial charge < -0.3 is 20.1 Å². The number of hydrogen-bond donors (Lipinski definition) is 2. The number of nitrogens with one attached hydrogen (secondary N) is 2. The summed E-state index contributed by atoms with van der Waals surface area (Å²) in [5.41, 5.74) is 1.17. The molecular formula is C21H33N3O2S. The number of benzene rings is 1. The van der Waals surface area contributed by atoms with E-state index in [9.17, 15) is 0 Å². The van der Waals surface area contributed by atoms with Gasteiger partial charge in [0, 0.05) is 24.9 Å². The summed E-state index contributed by atoms with van der Waals surface area (Å²) in [5.74, 6) is 2.53. The number of rotatable bonds is 7. The average Bonchev–Trinajstić information content (AvgIpc) is 3.37. The smallest absolute Gasteiger partial charge is 0.191 e. The highest BCUT2D eigenvalue weighted by atomic mass is 32.2. The minimum atomic E-state index is 0.322. The fourth-order valence-electron chi connectivity index (χ4n) is 3.97. The largest absolute Gasteiger partial charge is 0.493 e. The van der Waals surface area contributed by atoms with Crippen LogP contribution >= 0.6 is 11.8 Å².